The summed E-state index contributed by atoms with van der Waals surface area (Å²) < 4.78 is 2.05. The number of unbranched alkanes of at least 4 members (excludes halogenated alkanes) is 4. The Kier molecular flexibility index (Phi) is 9.29. The van der Waals surface area contributed by atoms with E-state index in [1.807, 2.05) is 0 Å². The summed E-state index contributed by atoms with van der Waals surface area (Å²) in [6.45, 7) is 7.44. The molecule has 0 aromatic rings. The van der Waals surface area contributed by atoms with Crippen molar-refractivity contribution in [1.82, 2.24) is 10.3 Å². The van der Waals surface area contributed by atoms with E-state index in [1.54, 1.807) is 5.57 Å². The molecule has 0 bridgehead atoms. The van der Waals surface area contributed by atoms with Gasteiger partial charge in [0.05, 0.1) is 12.3 Å². The van der Waals surface area contributed by atoms with Crippen LogP contribution in [-0.4, -0.2) is 36.5 Å². The van der Waals surface area contributed by atoms with Gasteiger partial charge in [-0.15, -0.1) is 5.01 Å². The van der Waals surface area contributed by atoms with Crippen LogP contribution in [0.4, 0.5) is 0 Å². The van der Waals surface area contributed by atoms with E-state index in [4.69, 9.17) is 0 Å². The highest BCUT2D eigenvalue weighted by Crippen LogP contribution is 2.16. The van der Waals surface area contributed by atoms with Crippen LogP contribution in [0.1, 0.15) is 65.2 Å². The van der Waals surface area contributed by atoms with Gasteiger partial charge < -0.3 is 0 Å². The average molecular weight is 281 g/mol. The first-order valence-corrected chi connectivity index (χ1v) is 8.35. The maximum Gasteiger partial charge on any atom is 0.164 e. The second kappa shape index (κ2) is 10.8. The molecular weight excluding hydrogens is 248 g/mol. The van der Waals surface area contributed by atoms with E-state index in [0.29, 0.717) is 0 Å². The van der Waals surface area contributed by atoms with Crippen LogP contribution in [0, 0.1) is 0 Å². The Morgan fingerprint density at radius 3 is 2.70 bits per heavy atom. The lowest BCUT2D eigenvalue weighted by atomic mass is 10.1. The molecule has 0 fully saturated rings. The lowest BCUT2D eigenvalue weighted by molar-refractivity contribution is -0.577. The van der Waals surface area contributed by atoms with Gasteiger partial charge in [0.1, 0.15) is 12.7 Å². The molecule has 0 aromatic heterocycles. The number of nitrogens with zero attached hydrogens (tertiary/aromatic N) is 3. The first kappa shape index (κ1) is 17.2. The summed E-state index contributed by atoms with van der Waals surface area (Å²) >= 11 is 0. The molecule has 4 heteroatoms. The van der Waals surface area contributed by atoms with Crippen molar-refractivity contribution in [2.24, 2.45) is 5.22 Å². The fraction of sp³-hybridized carbons (Fsp3) is 0.875. The highest BCUT2D eigenvalue weighted by Gasteiger charge is 2.14. The van der Waals surface area contributed by atoms with Crippen LogP contribution in [0.5, 0.6) is 0 Å². The molecule has 0 saturated carbocycles. The quantitative estimate of drug-likeness (QED) is 0.486. The monoisotopic (exact) mass is 281 g/mol. The first-order chi connectivity index (χ1) is 9.76. The smallest absolute Gasteiger partial charge is 0.164 e. The van der Waals surface area contributed by atoms with Gasteiger partial charge in [0.2, 0.25) is 0 Å². The lowest BCUT2D eigenvalue weighted by Crippen LogP contribution is -2.28. The molecule has 1 aliphatic heterocycles. The van der Waals surface area contributed by atoms with Gasteiger partial charge in [-0.05, 0) is 31.4 Å². The molecule has 1 heterocycles. The summed E-state index contributed by atoms with van der Waals surface area (Å²) in [4.78, 5) is 0. The molecule has 0 radical (unpaired) electrons. The molecule has 0 saturated heterocycles. The highest BCUT2D eigenvalue weighted by molar-refractivity contribution is 5.01. The Morgan fingerprint density at radius 1 is 1.20 bits per heavy atom. The van der Waals surface area contributed by atoms with Crippen molar-refractivity contribution in [2.45, 2.75) is 65.2 Å². The van der Waals surface area contributed by atoms with Crippen molar-refractivity contribution >= 4 is 0 Å². The SMILES string of the molecule is CCCCCNCN1C=C(CCCCC)CC[N+](C)=N1. The zero-order chi connectivity index (χ0) is 14.6. The molecule has 116 valence electrons. The topological polar surface area (TPSA) is 30.6 Å². The summed E-state index contributed by atoms with van der Waals surface area (Å²) in [6, 6.07) is 0. The molecule has 0 aliphatic carbocycles. The van der Waals surface area contributed by atoms with Crippen LogP contribution in [0.3, 0.4) is 0 Å². The minimum atomic E-state index is 0.825. The fourth-order valence-electron chi connectivity index (χ4n) is 2.41. The Morgan fingerprint density at radius 2 is 1.95 bits per heavy atom. The molecule has 1 N–H and O–H groups in total. The average Bonchev–Trinajstić information content (AvgIpc) is 2.61. The van der Waals surface area contributed by atoms with E-state index < -0.39 is 0 Å². The second-order valence-electron chi connectivity index (χ2n) is 5.77. The Balaban J connectivity index is 2.37. The van der Waals surface area contributed by atoms with Crippen LogP contribution in [-0.2, 0) is 0 Å². The fourth-order valence-corrected chi connectivity index (χ4v) is 2.41. The zero-order valence-electron chi connectivity index (χ0n) is 13.7. The molecule has 0 unspecified atom stereocenters. The highest BCUT2D eigenvalue weighted by atomic mass is 15.6. The van der Waals surface area contributed by atoms with Crippen molar-refractivity contribution in [2.75, 3.05) is 26.8 Å². The predicted octanol–water partition coefficient (Wildman–Crippen LogP) is 3.90. The molecule has 20 heavy (non-hydrogen) atoms. The minimum absolute atomic E-state index is 0.825. The van der Waals surface area contributed by atoms with Crippen LogP contribution in [0.2, 0.25) is 0 Å². The van der Waals surface area contributed by atoms with E-state index in [1.165, 1.54) is 44.9 Å². The summed E-state index contributed by atoms with van der Waals surface area (Å²) in [6.07, 6.45) is 12.4. The third kappa shape index (κ3) is 7.63. The minimum Gasteiger partial charge on any atom is -0.280 e. The standard InChI is InChI=1S/C16H33N4/c1-4-6-8-10-16-11-13-19(3)18-20(14-16)15-17-12-9-7-5-2/h14,17H,4-13,15H2,1-3H3/q+1. The van der Waals surface area contributed by atoms with Crippen molar-refractivity contribution in [3.63, 3.8) is 0 Å². The number of rotatable bonds is 10. The molecule has 0 amide bonds. The van der Waals surface area contributed by atoms with E-state index in [2.05, 4.69) is 47.3 Å². The van der Waals surface area contributed by atoms with Gasteiger partial charge >= 0.3 is 0 Å². The summed E-state index contributed by atoms with van der Waals surface area (Å²) in [5.74, 6) is 0. The van der Waals surface area contributed by atoms with E-state index in [9.17, 15) is 0 Å². The summed E-state index contributed by atoms with van der Waals surface area (Å²) in [7, 11) is 2.06. The molecule has 0 aromatic carbocycles. The van der Waals surface area contributed by atoms with Gasteiger partial charge in [0, 0.05) is 6.42 Å². The van der Waals surface area contributed by atoms with Gasteiger partial charge in [-0.3, -0.25) is 5.32 Å². The third-order valence-electron chi connectivity index (χ3n) is 3.69. The van der Waals surface area contributed by atoms with Crippen LogP contribution >= 0.6 is 0 Å². The van der Waals surface area contributed by atoms with Gasteiger partial charge in [-0.1, -0.05) is 39.5 Å². The maximum atomic E-state index is 4.60. The normalized spacial score (nSPS) is 15.8. The Hall–Kier alpha value is -0.900. The Bertz CT molecular complexity index is 310. The van der Waals surface area contributed by atoms with E-state index in [-0.39, 0.29) is 0 Å². The number of hydrogen-bond acceptors (Lipinski definition) is 3. The van der Waals surface area contributed by atoms with Crippen LogP contribution in [0.25, 0.3) is 0 Å². The van der Waals surface area contributed by atoms with Gasteiger partial charge in [-0.25, -0.2) is 0 Å². The van der Waals surface area contributed by atoms with Crippen molar-refractivity contribution in [1.29, 1.82) is 0 Å². The van der Waals surface area contributed by atoms with Crippen LogP contribution in [0.15, 0.2) is 17.0 Å². The third-order valence-corrected chi connectivity index (χ3v) is 3.69. The van der Waals surface area contributed by atoms with Gasteiger partial charge in [-0.2, -0.15) is 4.70 Å². The summed E-state index contributed by atoms with van der Waals surface area (Å²) in [5.41, 5.74) is 1.54. The van der Waals surface area contributed by atoms with Crippen LogP contribution < -0.4 is 5.32 Å². The van der Waals surface area contributed by atoms with Gasteiger partial charge in [0.15, 0.2) is 6.67 Å². The molecule has 1 rings (SSSR count). The second-order valence-corrected chi connectivity index (χ2v) is 5.77. The molecule has 0 atom stereocenters. The van der Waals surface area contributed by atoms with Crippen molar-refractivity contribution in [3.8, 4) is 0 Å². The molecule has 1 aliphatic rings. The van der Waals surface area contributed by atoms with Crippen molar-refractivity contribution in [3.05, 3.63) is 11.8 Å². The van der Waals surface area contributed by atoms with Crippen molar-refractivity contribution < 1.29 is 4.70 Å². The molecular formula is C16H33N4+. The Labute approximate surface area is 124 Å². The molecule has 0 spiro atoms. The lowest BCUT2D eigenvalue weighted by Gasteiger charge is -2.08. The molecule has 4 nitrogen and oxygen atoms in total. The predicted molar refractivity (Wildman–Crippen MR) is 84.6 cm³/mol. The largest absolute Gasteiger partial charge is 0.280 e. The first-order valence-electron chi connectivity index (χ1n) is 8.35. The number of nitrogens with one attached hydrogen (secondary N) is 1. The maximum absolute atomic E-state index is 4.60. The van der Waals surface area contributed by atoms with Gasteiger partial charge in [0.25, 0.3) is 0 Å². The summed E-state index contributed by atoms with van der Waals surface area (Å²) in [5, 5.41) is 10.2. The van der Waals surface area contributed by atoms with E-state index in [0.717, 1.165) is 26.2 Å². The van der Waals surface area contributed by atoms with E-state index >= 15 is 0 Å². The zero-order valence-corrected chi connectivity index (χ0v) is 13.7. The number of hydrogen-bond donors (Lipinski definition) is 1.